The van der Waals surface area contributed by atoms with Crippen LogP contribution >= 0.6 is 0 Å². The highest BCUT2D eigenvalue weighted by Crippen LogP contribution is 2.23. The van der Waals surface area contributed by atoms with Gasteiger partial charge in [0.1, 0.15) is 11.5 Å². The van der Waals surface area contributed by atoms with E-state index in [9.17, 15) is 14.4 Å². The van der Waals surface area contributed by atoms with Crippen molar-refractivity contribution in [3.8, 4) is 28.7 Å². The van der Waals surface area contributed by atoms with Gasteiger partial charge in [-0.05, 0) is 30.3 Å². The molecule has 0 saturated carbocycles. The monoisotopic (exact) mass is 464 g/mol. The van der Waals surface area contributed by atoms with Crippen LogP contribution < -0.4 is 26.0 Å². The lowest BCUT2D eigenvalue weighted by atomic mass is 10.2. The Morgan fingerprint density at radius 3 is 2.56 bits per heavy atom. The van der Waals surface area contributed by atoms with Crippen molar-refractivity contribution in [1.82, 2.24) is 29.8 Å². The number of carbonyl (C=O) groups excluding carboxylic acids is 1. The Hall–Kier alpha value is -4.74. The molecule has 174 valence electrons. The van der Waals surface area contributed by atoms with Gasteiger partial charge in [-0.1, -0.05) is 23.4 Å². The van der Waals surface area contributed by atoms with E-state index in [1.807, 2.05) is 0 Å². The molecule has 12 nitrogen and oxygen atoms in total. The van der Waals surface area contributed by atoms with Gasteiger partial charge in [-0.2, -0.15) is 14.8 Å². The third-order valence-electron chi connectivity index (χ3n) is 4.94. The summed E-state index contributed by atoms with van der Waals surface area (Å²) in [5.41, 5.74) is -0.513. The van der Waals surface area contributed by atoms with Crippen LogP contribution in [0.2, 0.25) is 0 Å². The van der Waals surface area contributed by atoms with Gasteiger partial charge >= 0.3 is 17.5 Å². The molecule has 1 amide bonds. The summed E-state index contributed by atoms with van der Waals surface area (Å²) in [6.45, 7) is 0.0931. The number of aromatic nitrogens is 5. The first-order chi connectivity index (χ1) is 16.4. The second kappa shape index (κ2) is 9.40. The van der Waals surface area contributed by atoms with Gasteiger partial charge in [0, 0.05) is 19.2 Å². The van der Waals surface area contributed by atoms with Gasteiger partial charge in [-0.3, -0.25) is 14.2 Å². The summed E-state index contributed by atoms with van der Waals surface area (Å²) in [5, 5.41) is 10.5. The van der Waals surface area contributed by atoms with Gasteiger partial charge in [-0.15, -0.1) is 0 Å². The lowest BCUT2D eigenvalue weighted by molar-refractivity contribution is 0.0906. The van der Waals surface area contributed by atoms with Crippen LogP contribution in [0.1, 0.15) is 16.2 Å². The van der Waals surface area contributed by atoms with E-state index < -0.39 is 17.2 Å². The number of nitrogens with one attached hydrogen (secondary N) is 1. The van der Waals surface area contributed by atoms with Crippen molar-refractivity contribution in [2.75, 3.05) is 14.2 Å². The number of amides is 1. The number of hydrogen-bond donors (Lipinski definition) is 1. The maximum Gasteiger partial charge on any atom is 0.351 e. The van der Waals surface area contributed by atoms with Gasteiger partial charge in [0.05, 0.1) is 19.9 Å². The molecule has 0 fully saturated rings. The maximum absolute atomic E-state index is 12.6. The molecule has 0 aliphatic heterocycles. The molecule has 12 heteroatoms. The van der Waals surface area contributed by atoms with Gasteiger partial charge in [0.2, 0.25) is 5.82 Å². The molecule has 1 N–H and O–H groups in total. The Morgan fingerprint density at radius 2 is 1.85 bits per heavy atom. The van der Waals surface area contributed by atoms with Crippen molar-refractivity contribution in [3.05, 3.63) is 80.8 Å². The van der Waals surface area contributed by atoms with Crippen LogP contribution in [0.25, 0.3) is 17.2 Å². The standard InChI is InChI=1S/C22H20N6O6/c1-27-21(30)17(25-28(22(27)31)14-7-5-4-6-8-14)18-24-20(34-26-18)19(29)23-12-13-11-15(32-2)9-10-16(13)33-3/h4-11H,12H2,1-3H3,(H,23,29). The Morgan fingerprint density at radius 1 is 1.09 bits per heavy atom. The third-order valence-corrected chi connectivity index (χ3v) is 4.94. The molecule has 0 atom stereocenters. The number of rotatable bonds is 7. The second-order valence-corrected chi connectivity index (χ2v) is 7.03. The van der Waals surface area contributed by atoms with Crippen LogP contribution in [0.4, 0.5) is 0 Å². The van der Waals surface area contributed by atoms with Gasteiger partial charge in [0.25, 0.3) is 5.56 Å². The van der Waals surface area contributed by atoms with E-state index in [0.29, 0.717) is 22.7 Å². The fourth-order valence-electron chi connectivity index (χ4n) is 3.13. The van der Waals surface area contributed by atoms with Crippen LogP contribution in [-0.4, -0.2) is 44.6 Å². The van der Waals surface area contributed by atoms with Crippen LogP contribution in [0, 0.1) is 0 Å². The predicted molar refractivity (Wildman–Crippen MR) is 119 cm³/mol. The highest BCUT2D eigenvalue weighted by atomic mass is 16.5. The van der Waals surface area contributed by atoms with E-state index in [1.165, 1.54) is 21.3 Å². The number of ether oxygens (including phenoxy) is 2. The lowest BCUT2D eigenvalue weighted by Crippen LogP contribution is -2.40. The van der Waals surface area contributed by atoms with Gasteiger partial charge < -0.3 is 19.3 Å². The predicted octanol–water partition coefficient (Wildman–Crippen LogP) is 0.928. The number of nitrogens with zero attached hydrogens (tertiary/aromatic N) is 5. The minimum absolute atomic E-state index is 0.0931. The zero-order valence-corrected chi connectivity index (χ0v) is 18.5. The highest BCUT2D eigenvalue weighted by Gasteiger charge is 2.22. The van der Waals surface area contributed by atoms with Crippen LogP contribution in [0.5, 0.6) is 11.5 Å². The first-order valence-electron chi connectivity index (χ1n) is 10.0. The average molecular weight is 464 g/mol. The fourth-order valence-corrected chi connectivity index (χ4v) is 3.13. The molecular formula is C22H20N6O6. The maximum atomic E-state index is 12.6. The molecule has 0 aliphatic rings. The molecule has 2 heterocycles. The average Bonchev–Trinajstić information content (AvgIpc) is 3.36. The molecular weight excluding hydrogens is 444 g/mol. The minimum Gasteiger partial charge on any atom is -0.497 e. The van der Waals surface area contributed by atoms with Crippen molar-refractivity contribution >= 4 is 5.91 Å². The first-order valence-corrected chi connectivity index (χ1v) is 10.0. The third kappa shape index (κ3) is 4.28. The summed E-state index contributed by atoms with van der Waals surface area (Å²) in [6.07, 6.45) is 0. The summed E-state index contributed by atoms with van der Waals surface area (Å²) in [5.74, 6) is -0.117. The minimum atomic E-state index is -0.731. The van der Waals surface area contributed by atoms with E-state index in [0.717, 1.165) is 9.25 Å². The summed E-state index contributed by atoms with van der Waals surface area (Å²) < 4.78 is 17.4. The van der Waals surface area contributed by atoms with Crippen LogP contribution in [0.15, 0.2) is 62.6 Å². The van der Waals surface area contributed by atoms with E-state index in [-0.39, 0.29) is 24.0 Å². The van der Waals surface area contributed by atoms with Crippen LogP contribution in [-0.2, 0) is 13.6 Å². The summed E-state index contributed by atoms with van der Waals surface area (Å²) in [6, 6.07) is 13.7. The molecule has 0 radical (unpaired) electrons. The van der Waals surface area contributed by atoms with E-state index in [2.05, 4.69) is 20.6 Å². The summed E-state index contributed by atoms with van der Waals surface area (Å²) >= 11 is 0. The Kier molecular flexibility index (Phi) is 6.21. The van der Waals surface area contributed by atoms with Gasteiger partial charge in [0.15, 0.2) is 5.69 Å². The molecule has 34 heavy (non-hydrogen) atoms. The quantitative estimate of drug-likeness (QED) is 0.422. The smallest absolute Gasteiger partial charge is 0.351 e. The first kappa shape index (κ1) is 22.5. The number of hydrogen-bond acceptors (Lipinski definition) is 9. The Bertz CT molecular complexity index is 1460. The van der Waals surface area contributed by atoms with Crippen molar-refractivity contribution in [2.24, 2.45) is 7.05 Å². The molecule has 4 aromatic rings. The van der Waals surface area contributed by atoms with Crippen molar-refractivity contribution < 1.29 is 18.8 Å². The highest BCUT2D eigenvalue weighted by molar-refractivity contribution is 5.89. The SMILES string of the molecule is COc1ccc(OC)c(CNC(=O)c2nc(-c3nn(-c4ccccc4)c(=O)n(C)c3=O)no2)c1. The number of para-hydroxylation sites is 1. The molecule has 0 bridgehead atoms. The molecule has 4 rings (SSSR count). The molecule has 0 spiro atoms. The fraction of sp³-hybridized carbons (Fsp3) is 0.182. The summed E-state index contributed by atoms with van der Waals surface area (Å²) in [4.78, 5) is 41.7. The van der Waals surface area contributed by atoms with Crippen LogP contribution in [0.3, 0.4) is 0 Å². The number of methoxy groups -OCH3 is 2. The summed E-state index contributed by atoms with van der Waals surface area (Å²) in [7, 11) is 4.35. The number of benzene rings is 2. The van der Waals surface area contributed by atoms with Crippen molar-refractivity contribution in [3.63, 3.8) is 0 Å². The molecule has 2 aromatic carbocycles. The topological polar surface area (TPSA) is 143 Å². The van der Waals surface area contributed by atoms with Gasteiger partial charge in [-0.25, -0.2) is 4.79 Å². The Labute approximate surface area is 192 Å². The normalized spacial score (nSPS) is 10.7. The van der Waals surface area contributed by atoms with E-state index >= 15 is 0 Å². The molecule has 0 unspecified atom stereocenters. The molecule has 2 aromatic heterocycles. The Balaban J connectivity index is 1.61. The molecule has 0 saturated heterocycles. The zero-order chi connectivity index (χ0) is 24.2. The second-order valence-electron chi connectivity index (χ2n) is 7.03. The van der Waals surface area contributed by atoms with Crippen molar-refractivity contribution in [2.45, 2.75) is 6.54 Å². The van der Waals surface area contributed by atoms with Crippen molar-refractivity contribution in [1.29, 1.82) is 0 Å². The van der Waals surface area contributed by atoms with E-state index in [1.54, 1.807) is 48.5 Å². The number of carbonyl (C=O) groups is 1. The molecule has 0 aliphatic carbocycles. The lowest BCUT2D eigenvalue weighted by Gasteiger charge is -2.10. The van der Waals surface area contributed by atoms with E-state index in [4.69, 9.17) is 14.0 Å². The zero-order valence-electron chi connectivity index (χ0n) is 18.5. The largest absolute Gasteiger partial charge is 0.497 e.